The summed E-state index contributed by atoms with van der Waals surface area (Å²) in [4.78, 5) is 37.5. The number of thioether (sulfide) groups is 1. The lowest BCUT2D eigenvalue weighted by Gasteiger charge is -2.38. The molecule has 8 nitrogen and oxygen atoms in total. The van der Waals surface area contributed by atoms with Crippen LogP contribution in [-0.4, -0.2) is 78.7 Å². The molecule has 5 rings (SSSR count). The topological polar surface area (TPSA) is 74.7 Å². The first-order valence-electron chi connectivity index (χ1n) is 13.2. The van der Waals surface area contributed by atoms with Crippen LogP contribution in [0.5, 0.6) is 5.75 Å². The standard InChI is InChI=1S/C30H34N4O4S/c1-21-27(29(36)38-3)28(24-11-7-8-12-25(24)37-2)34-23(20-39-30(34)31-21)19-26(35)33-17-15-32(16-18-33)14-13-22-9-5-4-6-10-22/h4-12,20,28H,13-19H2,1-3H3. The number of carbonyl (C=O) groups is 2. The summed E-state index contributed by atoms with van der Waals surface area (Å²) in [6.45, 7) is 5.95. The summed E-state index contributed by atoms with van der Waals surface area (Å²) in [5.41, 5.74) is 4.02. The van der Waals surface area contributed by atoms with Crippen LogP contribution in [0.15, 0.2) is 82.0 Å². The molecule has 204 valence electrons. The Hall–Kier alpha value is -3.56. The Morgan fingerprint density at radius 2 is 1.72 bits per heavy atom. The molecule has 3 heterocycles. The summed E-state index contributed by atoms with van der Waals surface area (Å²) in [6.07, 6.45) is 1.24. The van der Waals surface area contributed by atoms with Gasteiger partial charge in [-0.25, -0.2) is 9.79 Å². The Morgan fingerprint density at radius 1 is 1.00 bits per heavy atom. The van der Waals surface area contributed by atoms with E-state index in [1.807, 2.05) is 52.5 Å². The lowest BCUT2D eigenvalue weighted by atomic mass is 9.93. The third-order valence-electron chi connectivity index (χ3n) is 7.46. The van der Waals surface area contributed by atoms with Gasteiger partial charge >= 0.3 is 5.97 Å². The molecule has 3 aliphatic rings. The number of para-hydroxylation sites is 1. The number of amides is 1. The molecule has 0 radical (unpaired) electrons. The minimum Gasteiger partial charge on any atom is -0.496 e. The maximum atomic E-state index is 13.5. The van der Waals surface area contributed by atoms with E-state index in [4.69, 9.17) is 14.5 Å². The number of carbonyl (C=O) groups excluding carboxylic acids is 2. The minimum absolute atomic E-state index is 0.0791. The molecule has 2 aromatic carbocycles. The lowest BCUT2D eigenvalue weighted by Crippen LogP contribution is -2.49. The average molecular weight is 547 g/mol. The molecule has 3 aliphatic heterocycles. The van der Waals surface area contributed by atoms with Gasteiger partial charge in [-0.1, -0.05) is 60.3 Å². The molecule has 1 unspecified atom stereocenters. The van der Waals surface area contributed by atoms with Gasteiger partial charge in [-0.3, -0.25) is 9.69 Å². The quantitative estimate of drug-likeness (QED) is 0.459. The number of allylic oxidation sites excluding steroid dienone is 1. The number of hydrogen-bond acceptors (Lipinski definition) is 8. The van der Waals surface area contributed by atoms with E-state index in [0.717, 1.165) is 42.5 Å². The number of benzene rings is 2. The van der Waals surface area contributed by atoms with Gasteiger partial charge in [0.15, 0.2) is 5.17 Å². The highest BCUT2D eigenvalue weighted by Gasteiger charge is 2.42. The summed E-state index contributed by atoms with van der Waals surface area (Å²) in [7, 11) is 2.99. The third kappa shape index (κ3) is 5.74. The monoisotopic (exact) mass is 546 g/mol. The summed E-state index contributed by atoms with van der Waals surface area (Å²) in [5, 5.41) is 2.72. The van der Waals surface area contributed by atoms with Crippen molar-refractivity contribution in [2.24, 2.45) is 4.99 Å². The fourth-order valence-corrected chi connectivity index (χ4v) is 6.31. The molecule has 2 aromatic rings. The summed E-state index contributed by atoms with van der Waals surface area (Å²) in [5.74, 6) is 0.294. The molecule has 0 bridgehead atoms. The Morgan fingerprint density at radius 3 is 2.44 bits per heavy atom. The van der Waals surface area contributed by atoms with Crippen LogP contribution < -0.4 is 4.74 Å². The number of piperazine rings is 1. The van der Waals surface area contributed by atoms with Crippen LogP contribution in [0.1, 0.15) is 30.5 Å². The second-order valence-corrected chi connectivity index (χ2v) is 10.6. The number of nitrogens with zero attached hydrogens (tertiary/aromatic N) is 4. The van der Waals surface area contributed by atoms with E-state index >= 15 is 0 Å². The van der Waals surface area contributed by atoms with Gasteiger partial charge in [0.05, 0.1) is 38.0 Å². The van der Waals surface area contributed by atoms with Gasteiger partial charge in [0.1, 0.15) is 5.75 Å². The molecule has 0 N–H and O–H groups in total. The van der Waals surface area contributed by atoms with E-state index in [2.05, 4.69) is 29.2 Å². The highest BCUT2D eigenvalue weighted by Crippen LogP contribution is 2.46. The van der Waals surface area contributed by atoms with Crippen LogP contribution >= 0.6 is 11.8 Å². The zero-order valence-corrected chi connectivity index (χ0v) is 23.4. The summed E-state index contributed by atoms with van der Waals surface area (Å²) < 4.78 is 10.8. The van der Waals surface area contributed by atoms with E-state index in [1.54, 1.807) is 7.11 Å². The van der Waals surface area contributed by atoms with Crippen LogP contribution in [0, 0.1) is 0 Å². The number of rotatable bonds is 8. The number of hydrogen-bond donors (Lipinski definition) is 0. The Bertz CT molecular complexity index is 1320. The first kappa shape index (κ1) is 27.0. The Labute approximate surface area is 234 Å². The molecule has 1 amide bonds. The van der Waals surface area contributed by atoms with Gasteiger partial charge in [0.25, 0.3) is 0 Å². The first-order chi connectivity index (χ1) is 19.0. The highest BCUT2D eigenvalue weighted by molar-refractivity contribution is 8.16. The number of aliphatic imine (C=N–C) groups is 1. The van der Waals surface area contributed by atoms with Crippen LogP contribution in [-0.2, 0) is 20.7 Å². The number of amidine groups is 1. The van der Waals surface area contributed by atoms with Crippen molar-refractivity contribution in [2.45, 2.75) is 25.8 Å². The van der Waals surface area contributed by atoms with Gasteiger partial charge in [0.2, 0.25) is 5.91 Å². The summed E-state index contributed by atoms with van der Waals surface area (Å²) >= 11 is 1.47. The minimum atomic E-state index is -0.509. The maximum Gasteiger partial charge on any atom is 0.338 e. The zero-order chi connectivity index (χ0) is 27.4. The van der Waals surface area contributed by atoms with Gasteiger partial charge < -0.3 is 19.3 Å². The van der Waals surface area contributed by atoms with Crippen LogP contribution in [0.4, 0.5) is 0 Å². The molecule has 9 heteroatoms. The molecule has 0 aromatic heterocycles. The molecule has 1 fully saturated rings. The average Bonchev–Trinajstić information content (AvgIpc) is 3.37. The number of ether oxygens (including phenoxy) is 2. The van der Waals surface area contributed by atoms with Crippen molar-refractivity contribution < 1.29 is 19.1 Å². The smallest absolute Gasteiger partial charge is 0.338 e. The van der Waals surface area contributed by atoms with Crippen molar-refractivity contribution in [3.05, 3.63) is 88.1 Å². The molecule has 1 saturated heterocycles. The van der Waals surface area contributed by atoms with E-state index in [0.29, 0.717) is 30.1 Å². The zero-order valence-electron chi connectivity index (χ0n) is 22.6. The predicted molar refractivity (Wildman–Crippen MR) is 153 cm³/mol. The maximum absolute atomic E-state index is 13.5. The highest BCUT2D eigenvalue weighted by atomic mass is 32.2. The van der Waals surface area contributed by atoms with Gasteiger partial charge in [0, 0.05) is 44.0 Å². The van der Waals surface area contributed by atoms with Gasteiger partial charge in [-0.15, -0.1) is 0 Å². The van der Waals surface area contributed by atoms with Crippen LogP contribution in [0.25, 0.3) is 0 Å². The van der Waals surface area contributed by atoms with Crippen molar-refractivity contribution in [1.29, 1.82) is 0 Å². The fourth-order valence-electron chi connectivity index (χ4n) is 5.35. The number of methoxy groups -OCH3 is 2. The Kier molecular flexibility index (Phi) is 8.38. The third-order valence-corrected chi connectivity index (χ3v) is 8.35. The second-order valence-electron chi connectivity index (χ2n) is 9.76. The molecule has 39 heavy (non-hydrogen) atoms. The van der Waals surface area contributed by atoms with Crippen molar-refractivity contribution in [3.63, 3.8) is 0 Å². The van der Waals surface area contributed by atoms with Crippen molar-refractivity contribution in [3.8, 4) is 5.75 Å². The number of fused-ring (bicyclic) bond motifs is 1. The molecule has 0 saturated carbocycles. The number of esters is 1. The molecule has 1 atom stereocenters. The van der Waals surface area contributed by atoms with E-state index in [9.17, 15) is 9.59 Å². The van der Waals surface area contributed by atoms with Crippen molar-refractivity contribution in [1.82, 2.24) is 14.7 Å². The second kappa shape index (κ2) is 12.1. The lowest BCUT2D eigenvalue weighted by molar-refractivity contribution is -0.136. The Balaban J connectivity index is 1.29. The van der Waals surface area contributed by atoms with E-state index < -0.39 is 12.0 Å². The van der Waals surface area contributed by atoms with Gasteiger partial charge in [-0.05, 0) is 30.4 Å². The molecular formula is C30H34N4O4S. The normalized spacial score (nSPS) is 19.4. The molecule has 0 spiro atoms. The largest absolute Gasteiger partial charge is 0.496 e. The fraction of sp³-hybridized carbons (Fsp3) is 0.367. The van der Waals surface area contributed by atoms with Crippen LogP contribution in [0.3, 0.4) is 0 Å². The molecular weight excluding hydrogens is 512 g/mol. The SMILES string of the molecule is COC(=O)C1=C(C)N=C2SC=C(CC(=O)N3CCN(CCc4ccccc4)CC3)N2C1c1ccccc1OC. The van der Waals surface area contributed by atoms with Gasteiger partial charge in [-0.2, -0.15) is 0 Å². The predicted octanol–water partition coefficient (Wildman–Crippen LogP) is 4.22. The van der Waals surface area contributed by atoms with Crippen LogP contribution in [0.2, 0.25) is 0 Å². The first-order valence-corrected chi connectivity index (χ1v) is 14.1. The van der Waals surface area contributed by atoms with Crippen molar-refractivity contribution >= 4 is 28.8 Å². The van der Waals surface area contributed by atoms with Crippen molar-refractivity contribution in [2.75, 3.05) is 46.9 Å². The van der Waals surface area contributed by atoms with E-state index in [1.165, 1.54) is 24.4 Å². The summed E-state index contributed by atoms with van der Waals surface area (Å²) in [6, 6.07) is 17.6. The van der Waals surface area contributed by atoms with E-state index in [-0.39, 0.29) is 12.3 Å². The molecule has 0 aliphatic carbocycles.